The zero-order chi connectivity index (χ0) is 15.4. The average molecular weight is 374 g/mol. The Bertz CT molecular complexity index is 522. The molecule has 0 spiro atoms. The van der Waals surface area contributed by atoms with Gasteiger partial charge in [0.2, 0.25) is 5.91 Å². The number of carbonyl (C=O) groups excluding carboxylic acids is 1. The standard InChI is InChI=1S/C14H16BrNO4S/c1-16(12-7-20-6-11(12)14(18)19)13(17)8-21-10-4-2-9(15)3-5-10/h2-5,11-12H,6-8H2,1H3,(H,18,19). The Labute approximate surface area is 135 Å². The summed E-state index contributed by atoms with van der Waals surface area (Å²) in [7, 11) is 1.64. The number of nitrogens with zero attached hydrogens (tertiary/aromatic N) is 1. The molecule has 0 radical (unpaired) electrons. The molecule has 1 aliphatic heterocycles. The second kappa shape index (κ2) is 7.29. The number of halogens is 1. The molecule has 1 heterocycles. The number of amides is 1. The van der Waals surface area contributed by atoms with E-state index in [2.05, 4.69) is 15.9 Å². The Kier molecular flexibility index (Phi) is 5.66. The van der Waals surface area contributed by atoms with Crippen molar-refractivity contribution in [3.05, 3.63) is 28.7 Å². The Morgan fingerprint density at radius 3 is 2.67 bits per heavy atom. The molecular formula is C14H16BrNO4S. The number of rotatable bonds is 5. The van der Waals surface area contributed by atoms with E-state index in [9.17, 15) is 9.59 Å². The number of carbonyl (C=O) groups is 2. The summed E-state index contributed by atoms with van der Waals surface area (Å²) in [5.74, 6) is -1.37. The lowest BCUT2D eigenvalue weighted by Crippen LogP contribution is -2.44. The third kappa shape index (κ3) is 4.21. The van der Waals surface area contributed by atoms with Crippen LogP contribution < -0.4 is 0 Å². The van der Waals surface area contributed by atoms with Gasteiger partial charge in [0, 0.05) is 16.4 Å². The molecule has 0 aromatic heterocycles. The molecule has 7 heteroatoms. The summed E-state index contributed by atoms with van der Waals surface area (Å²) in [5.41, 5.74) is 0. The number of carboxylic acid groups (broad SMARTS) is 1. The van der Waals surface area contributed by atoms with Gasteiger partial charge in [0.25, 0.3) is 0 Å². The third-order valence-corrected chi connectivity index (χ3v) is 4.96. The van der Waals surface area contributed by atoms with Crippen molar-refractivity contribution in [1.82, 2.24) is 4.90 Å². The second-order valence-electron chi connectivity index (χ2n) is 4.80. The molecule has 0 aliphatic carbocycles. The molecule has 114 valence electrons. The second-order valence-corrected chi connectivity index (χ2v) is 6.76. The van der Waals surface area contributed by atoms with Gasteiger partial charge < -0.3 is 14.7 Å². The molecule has 2 unspecified atom stereocenters. The summed E-state index contributed by atoms with van der Waals surface area (Å²) >= 11 is 4.79. The van der Waals surface area contributed by atoms with E-state index in [0.717, 1.165) is 9.37 Å². The van der Waals surface area contributed by atoms with Gasteiger partial charge >= 0.3 is 5.97 Å². The van der Waals surface area contributed by atoms with Crippen LogP contribution in [-0.2, 0) is 14.3 Å². The van der Waals surface area contributed by atoms with Gasteiger partial charge in [-0.05, 0) is 24.3 Å². The van der Waals surface area contributed by atoms with Crippen molar-refractivity contribution in [3.63, 3.8) is 0 Å². The highest BCUT2D eigenvalue weighted by atomic mass is 79.9. The molecular weight excluding hydrogens is 358 g/mol. The van der Waals surface area contributed by atoms with Crippen LogP contribution in [0.25, 0.3) is 0 Å². The van der Waals surface area contributed by atoms with Crippen molar-refractivity contribution in [3.8, 4) is 0 Å². The normalized spacial score (nSPS) is 21.2. The van der Waals surface area contributed by atoms with E-state index in [1.807, 2.05) is 24.3 Å². The van der Waals surface area contributed by atoms with Crippen LogP contribution in [0.3, 0.4) is 0 Å². The number of thioether (sulfide) groups is 1. The highest BCUT2D eigenvalue weighted by molar-refractivity contribution is 9.10. The SMILES string of the molecule is CN(C(=O)CSc1ccc(Br)cc1)C1COCC1C(=O)O. The predicted molar refractivity (Wildman–Crippen MR) is 83.4 cm³/mol. The first kappa shape index (κ1) is 16.3. The predicted octanol–water partition coefficient (Wildman–Crippen LogP) is 2.10. The maximum Gasteiger partial charge on any atom is 0.311 e. The van der Waals surface area contributed by atoms with E-state index in [0.29, 0.717) is 0 Å². The summed E-state index contributed by atoms with van der Waals surface area (Å²) in [4.78, 5) is 25.8. The first-order chi connectivity index (χ1) is 9.99. The smallest absolute Gasteiger partial charge is 0.311 e. The summed E-state index contributed by atoms with van der Waals surface area (Å²) in [5, 5.41) is 9.12. The Morgan fingerprint density at radius 1 is 1.38 bits per heavy atom. The van der Waals surface area contributed by atoms with Crippen LogP contribution in [0, 0.1) is 5.92 Å². The molecule has 21 heavy (non-hydrogen) atoms. The molecule has 1 aromatic carbocycles. The van der Waals surface area contributed by atoms with Crippen molar-refractivity contribution < 1.29 is 19.4 Å². The number of likely N-dealkylation sites (N-methyl/N-ethyl adjacent to an activating group) is 1. The van der Waals surface area contributed by atoms with Gasteiger partial charge in [0.1, 0.15) is 5.92 Å². The number of carboxylic acids is 1. The third-order valence-electron chi connectivity index (χ3n) is 3.43. The van der Waals surface area contributed by atoms with Crippen molar-refractivity contribution in [2.45, 2.75) is 10.9 Å². The quantitative estimate of drug-likeness (QED) is 0.800. The van der Waals surface area contributed by atoms with Crippen LogP contribution in [0.1, 0.15) is 0 Å². The molecule has 1 amide bonds. The molecule has 1 N–H and O–H groups in total. The van der Waals surface area contributed by atoms with Gasteiger partial charge in [-0.3, -0.25) is 9.59 Å². The van der Waals surface area contributed by atoms with Crippen LogP contribution in [-0.4, -0.2) is 53.9 Å². The Morgan fingerprint density at radius 2 is 2.05 bits per heavy atom. The minimum Gasteiger partial charge on any atom is -0.481 e. The summed E-state index contributed by atoms with van der Waals surface area (Å²) in [6, 6.07) is 7.31. The van der Waals surface area contributed by atoms with Gasteiger partial charge in [-0.25, -0.2) is 0 Å². The van der Waals surface area contributed by atoms with E-state index in [1.54, 1.807) is 7.05 Å². The summed E-state index contributed by atoms with van der Waals surface area (Å²) in [6.07, 6.45) is 0. The lowest BCUT2D eigenvalue weighted by Gasteiger charge is -2.26. The summed E-state index contributed by atoms with van der Waals surface area (Å²) < 4.78 is 6.18. The fourth-order valence-corrected chi connectivity index (χ4v) is 3.21. The number of hydrogen-bond donors (Lipinski definition) is 1. The number of hydrogen-bond acceptors (Lipinski definition) is 4. The molecule has 1 aliphatic rings. The van der Waals surface area contributed by atoms with Crippen LogP contribution in [0.4, 0.5) is 0 Å². The monoisotopic (exact) mass is 373 g/mol. The summed E-state index contributed by atoms with van der Waals surface area (Å²) in [6.45, 7) is 0.444. The van der Waals surface area contributed by atoms with Crippen molar-refractivity contribution in [2.24, 2.45) is 5.92 Å². The average Bonchev–Trinajstić information content (AvgIpc) is 2.95. The van der Waals surface area contributed by atoms with E-state index in [4.69, 9.17) is 9.84 Å². The van der Waals surface area contributed by atoms with Gasteiger partial charge in [-0.15, -0.1) is 11.8 Å². The maximum absolute atomic E-state index is 12.2. The molecule has 0 bridgehead atoms. The molecule has 1 fully saturated rings. The first-order valence-electron chi connectivity index (χ1n) is 6.43. The topological polar surface area (TPSA) is 66.8 Å². The molecule has 5 nitrogen and oxygen atoms in total. The van der Waals surface area contributed by atoms with Gasteiger partial charge in [-0.1, -0.05) is 15.9 Å². The van der Waals surface area contributed by atoms with Gasteiger partial charge in [0.05, 0.1) is 25.0 Å². The van der Waals surface area contributed by atoms with Gasteiger partial charge in [-0.2, -0.15) is 0 Å². The lowest BCUT2D eigenvalue weighted by atomic mass is 10.0. The van der Waals surface area contributed by atoms with E-state index in [-0.39, 0.29) is 30.9 Å². The zero-order valence-corrected chi connectivity index (χ0v) is 13.9. The maximum atomic E-state index is 12.2. The van der Waals surface area contributed by atoms with Crippen LogP contribution in [0.15, 0.2) is 33.6 Å². The number of aliphatic carboxylic acids is 1. The van der Waals surface area contributed by atoms with Gasteiger partial charge in [0.15, 0.2) is 0 Å². The van der Waals surface area contributed by atoms with Crippen LogP contribution in [0.5, 0.6) is 0 Å². The van der Waals surface area contributed by atoms with Crippen molar-refractivity contribution in [1.29, 1.82) is 0 Å². The highest BCUT2D eigenvalue weighted by Gasteiger charge is 2.38. The van der Waals surface area contributed by atoms with E-state index < -0.39 is 11.9 Å². The van der Waals surface area contributed by atoms with Crippen molar-refractivity contribution in [2.75, 3.05) is 26.0 Å². The van der Waals surface area contributed by atoms with Crippen molar-refractivity contribution >= 4 is 39.6 Å². The first-order valence-corrected chi connectivity index (χ1v) is 8.21. The molecule has 1 saturated heterocycles. The zero-order valence-electron chi connectivity index (χ0n) is 11.5. The fraction of sp³-hybridized carbons (Fsp3) is 0.429. The Balaban J connectivity index is 1.90. The molecule has 1 aromatic rings. The Hall–Kier alpha value is -1.05. The van der Waals surface area contributed by atoms with Crippen LogP contribution in [0.2, 0.25) is 0 Å². The highest BCUT2D eigenvalue weighted by Crippen LogP contribution is 2.23. The lowest BCUT2D eigenvalue weighted by molar-refractivity contribution is -0.144. The number of benzene rings is 1. The van der Waals surface area contributed by atoms with E-state index in [1.165, 1.54) is 16.7 Å². The molecule has 0 saturated carbocycles. The minimum atomic E-state index is -0.919. The number of ether oxygens (including phenoxy) is 1. The molecule has 2 rings (SSSR count). The van der Waals surface area contributed by atoms with Crippen LogP contribution >= 0.6 is 27.7 Å². The minimum absolute atomic E-state index is 0.0929. The largest absolute Gasteiger partial charge is 0.481 e. The fourth-order valence-electron chi connectivity index (χ4n) is 2.12. The molecule has 2 atom stereocenters. The van der Waals surface area contributed by atoms with E-state index >= 15 is 0 Å².